The Hall–Kier alpha value is -4.09. The molecule has 1 aromatic heterocycles. The van der Waals surface area contributed by atoms with Crippen molar-refractivity contribution in [2.75, 3.05) is 14.1 Å². The standard InChI is InChI=1S/C26H26N4O7/c1-10-7-13(25-28-5-4-6-29-25)12-8-11-9-14-18(30(2)3)21(33)17(24(27)36)23(35)26(14,37)22(34)15(11)20(32)16(12)19(10)31/h4-7,11,14,18,31-32,35,37H,8-9H2,1-3H3,(H2,27,36)/t11-,14-,18-,26-/m1/s1. The lowest BCUT2D eigenvalue weighted by molar-refractivity contribution is -0.153. The van der Waals surface area contributed by atoms with Crippen LogP contribution in [0, 0.1) is 18.8 Å². The molecule has 1 saturated carbocycles. The molecule has 0 saturated heterocycles. The molecule has 0 spiro atoms. The number of aliphatic hydroxyl groups is 3. The first-order valence-electron chi connectivity index (χ1n) is 11.7. The lowest BCUT2D eigenvalue weighted by atomic mass is 9.57. The van der Waals surface area contributed by atoms with Crippen molar-refractivity contribution >= 4 is 23.2 Å². The van der Waals surface area contributed by atoms with E-state index < -0.39 is 58.0 Å². The van der Waals surface area contributed by atoms with Crippen LogP contribution in [0.3, 0.4) is 0 Å². The van der Waals surface area contributed by atoms with Crippen LogP contribution in [-0.4, -0.2) is 78.5 Å². The summed E-state index contributed by atoms with van der Waals surface area (Å²) in [7, 11) is 3.11. The number of phenolic OH excluding ortho intramolecular Hbond substituents is 1. The number of aryl methyl sites for hydroxylation is 1. The Morgan fingerprint density at radius 1 is 1.16 bits per heavy atom. The molecule has 3 aliphatic carbocycles. The molecule has 192 valence electrons. The number of hydrogen-bond acceptors (Lipinski definition) is 10. The number of nitrogens with zero attached hydrogens (tertiary/aromatic N) is 3. The predicted molar refractivity (Wildman–Crippen MR) is 130 cm³/mol. The second-order valence-corrected chi connectivity index (χ2v) is 9.98. The first-order valence-corrected chi connectivity index (χ1v) is 11.7. The maximum Gasteiger partial charge on any atom is 0.255 e. The summed E-state index contributed by atoms with van der Waals surface area (Å²) < 4.78 is 0. The Bertz CT molecular complexity index is 1450. The summed E-state index contributed by atoms with van der Waals surface area (Å²) in [5.41, 5.74) is 3.12. The molecule has 1 aromatic carbocycles. The smallest absolute Gasteiger partial charge is 0.255 e. The van der Waals surface area contributed by atoms with Gasteiger partial charge in [-0.3, -0.25) is 19.3 Å². The molecular weight excluding hydrogens is 480 g/mol. The van der Waals surface area contributed by atoms with Crippen LogP contribution in [0.25, 0.3) is 17.1 Å². The van der Waals surface area contributed by atoms with E-state index in [1.807, 2.05) is 0 Å². The number of fused-ring (bicyclic) bond motifs is 3. The van der Waals surface area contributed by atoms with E-state index in [2.05, 4.69) is 9.97 Å². The van der Waals surface area contributed by atoms with E-state index in [9.17, 15) is 34.8 Å². The summed E-state index contributed by atoms with van der Waals surface area (Å²) in [6.45, 7) is 1.63. The van der Waals surface area contributed by atoms with E-state index in [0.717, 1.165) is 0 Å². The minimum absolute atomic E-state index is 0.00941. The molecule has 37 heavy (non-hydrogen) atoms. The molecule has 5 rings (SSSR count). The summed E-state index contributed by atoms with van der Waals surface area (Å²) in [6.07, 6.45) is 3.29. The molecule has 1 amide bonds. The van der Waals surface area contributed by atoms with Crippen molar-refractivity contribution < 1.29 is 34.8 Å². The summed E-state index contributed by atoms with van der Waals surface area (Å²) in [5.74, 6) is -6.48. The number of benzene rings is 1. The van der Waals surface area contributed by atoms with Gasteiger partial charge in [-0.2, -0.15) is 0 Å². The highest BCUT2D eigenvalue weighted by molar-refractivity contribution is 6.24. The van der Waals surface area contributed by atoms with Gasteiger partial charge in [-0.05, 0) is 63.0 Å². The summed E-state index contributed by atoms with van der Waals surface area (Å²) >= 11 is 0. The number of aromatic hydroxyl groups is 1. The Morgan fingerprint density at radius 3 is 2.41 bits per heavy atom. The van der Waals surface area contributed by atoms with E-state index in [4.69, 9.17) is 5.73 Å². The molecule has 0 unspecified atom stereocenters. The van der Waals surface area contributed by atoms with E-state index in [0.29, 0.717) is 22.5 Å². The summed E-state index contributed by atoms with van der Waals surface area (Å²) in [4.78, 5) is 49.2. The normalized spacial score (nSPS) is 27.2. The van der Waals surface area contributed by atoms with Crippen molar-refractivity contribution in [2.24, 2.45) is 17.6 Å². The van der Waals surface area contributed by atoms with Gasteiger partial charge in [-0.25, -0.2) is 9.97 Å². The largest absolute Gasteiger partial charge is 0.508 e. The fraction of sp³-hybridized carbons (Fsp3) is 0.346. The predicted octanol–water partition coefficient (Wildman–Crippen LogP) is 0.729. The number of carbonyl (C=O) groups is 3. The van der Waals surface area contributed by atoms with Gasteiger partial charge in [0.25, 0.3) is 5.91 Å². The molecule has 11 nitrogen and oxygen atoms in total. The molecule has 1 fully saturated rings. The van der Waals surface area contributed by atoms with Crippen LogP contribution < -0.4 is 5.73 Å². The number of aromatic nitrogens is 2. The number of primary amides is 1. The SMILES string of the molecule is Cc1cc(-c2ncccn2)c2c(c1O)C(O)=C1C(=O)[C@@]3(O)C(O)=C(C(N)=O)C(=O)[C@H](N(C)C)[C@H]3C[C@H]1C2. The van der Waals surface area contributed by atoms with Gasteiger partial charge in [-0.15, -0.1) is 0 Å². The van der Waals surface area contributed by atoms with Crippen LogP contribution in [0.5, 0.6) is 5.75 Å². The number of rotatable bonds is 3. The molecule has 6 N–H and O–H groups in total. The highest BCUT2D eigenvalue weighted by Gasteiger charge is 2.64. The van der Waals surface area contributed by atoms with Gasteiger partial charge in [0, 0.05) is 29.4 Å². The maximum atomic E-state index is 13.9. The fourth-order valence-electron chi connectivity index (χ4n) is 6.08. The van der Waals surface area contributed by atoms with Gasteiger partial charge in [0.2, 0.25) is 5.78 Å². The van der Waals surface area contributed by atoms with E-state index in [1.54, 1.807) is 45.5 Å². The average molecular weight is 507 g/mol. The Balaban J connectivity index is 1.77. The average Bonchev–Trinajstić information content (AvgIpc) is 2.83. The molecule has 11 heteroatoms. The first-order chi connectivity index (χ1) is 17.4. The minimum Gasteiger partial charge on any atom is -0.508 e. The Labute approximate surface area is 211 Å². The van der Waals surface area contributed by atoms with Gasteiger partial charge in [0.1, 0.15) is 22.8 Å². The van der Waals surface area contributed by atoms with Crippen molar-refractivity contribution in [3.63, 3.8) is 0 Å². The van der Waals surface area contributed by atoms with Crippen LogP contribution >= 0.6 is 0 Å². The quantitative estimate of drug-likeness (QED) is 0.371. The summed E-state index contributed by atoms with van der Waals surface area (Å²) in [5, 5.41) is 44.8. The zero-order valence-electron chi connectivity index (χ0n) is 20.4. The molecule has 1 heterocycles. The van der Waals surface area contributed by atoms with Crippen molar-refractivity contribution in [3.05, 3.63) is 58.1 Å². The van der Waals surface area contributed by atoms with Gasteiger partial charge >= 0.3 is 0 Å². The van der Waals surface area contributed by atoms with Crippen LogP contribution in [0.2, 0.25) is 0 Å². The number of aliphatic hydroxyl groups excluding tert-OH is 2. The van der Waals surface area contributed by atoms with Crippen LogP contribution in [-0.2, 0) is 20.8 Å². The number of ketones is 2. The van der Waals surface area contributed by atoms with Crippen molar-refractivity contribution in [3.8, 4) is 17.1 Å². The number of hydrogen-bond donors (Lipinski definition) is 5. The van der Waals surface area contributed by atoms with E-state index in [1.165, 1.54) is 4.90 Å². The number of likely N-dealkylation sites (N-methyl/N-ethyl adjacent to an activating group) is 1. The monoisotopic (exact) mass is 506 g/mol. The molecule has 4 atom stereocenters. The molecule has 2 aromatic rings. The maximum absolute atomic E-state index is 13.9. The van der Waals surface area contributed by atoms with Crippen LogP contribution in [0.15, 0.2) is 41.4 Å². The lowest BCUT2D eigenvalue weighted by Gasteiger charge is -2.50. The molecular formula is C26H26N4O7. The third-order valence-corrected chi connectivity index (χ3v) is 7.72. The van der Waals surface area contributed by atoms with Crippen LogP contribution in [0.1, 0.15) is 23.1 Å². The van der Waals surface area contributed by atoms with Gasteiger partial charge in [0.15, 0.2) is 17.2 Å². The van der Waals surface area contributed by atoms with Gasteiger partial charge < -0.3 is 26.2 Å². The highest BCUT2D eigenvalue weighted by atomic mass is 16.3. The third kappa shape index (κ3) is 3.24. The second kappa shape index (κ2) is 8.22. The number of carbonyl (C=O) groups excluding carboxylic acids is 3. The minimum atomic E-state index is -2.67. The lowest BCUT2D eigenvalue weighted by Crippen LogP contribution is -2.65. The third-order valence-electron chi connectivity index (χ3n) is 7.72. The zero-order valence-corrected chi connectivity index (χ0v) is 20.4. The van der Waals surface area contributed by atoms with E-state index in [-0.39, 0.29) is 29.7 Å². The van der Waals surface area contributed by atoms with Crippen LogP contribution in [0.4, 0.5) is 0 Å². The number of phenols is 1. The fourth-order valence-corrected chi connectivity index (χ4v) is 6.08. The van der Waals surface area contributed by atoms with Crippen molar-refractivity contribution in [1.29, 1.82) is 0 Å². The van der Waals surface area contributed by atoms with Crippen molar-refractivity contribution in [2.45, 2.75) is 31.4 Å². The molecule has 3 aliphatic rings. The van der Waals surface area contributed by atoms with E-state index >= 15 is 0 Å². The van der Waals surface area contributed by atoms with Gasteiger partial charge in [0.05, 0.1) is 11.6 Å². The second-order valence-electron chi connectivity index (χ2n) is 9.98. The summed E-state index contributed by atoms with van der Waals surface area (Å²) in [6, 6.07) is 2.21. The van der Waals surface area contributed by atoms with Gasteiger partial charge in [-0.1, -0.05) is 0 Å². The number of Topliss-reactive ketones (excluding diaryl/α,β-unsaturated/α-hetero) is 2. The number of amides is 1. The zero-order chi connectivity index (χ0) is 27.0. The Morgan fingerprint density at radius 2 is 1.81 bits per heavy atom. The number of nitrogens with two attached hydrogens (primary N) is 1. The van der Waals surface area contributed by atoms with Crippen molar-refractivity contribution in [1.82, 2.24) is 14.9 Å². The highest BCUT2D eigenvalue weighted by Crippen LogP contribution is 2.53. The molecule has 0 bridgehead atoms. The molecule has 0 aliphatic heterocycles. The first kappa shape index (κ1) is 24.6. The topological polar surface area (TPSA) is 187 Å². The molecule has 0 radical (unpaired) electrons. The Kier molecular flexibility index (Phi) is 5.46.